The lowest BCUT2D eigenvalue weighted by molar-refractivity contribution is 0.174. The van der Waals surface area contributed by atoms with Crippen LogP contribution in [0, 0.1) is 0 Å². The summed E-state index contributed by atoms with van der Waals surface area (Å²) in [7, 11) is 0. The molecule has 1 heterocycles. The molecule has 0 bridgehead atoms. The summed E-state index contributed by atoms with van der Waals surface area (Å²) < 4.78 is 10.2. The van der Waals surface area contributed by atoms with Crippen LogP contribution in [0.1, 0.15) is 0 Å². The molecule has 0 saturated carbocycles. The van der Waals surface area contributed by atoms with Crippen LogP contribution < -0.4 is 9.47 Å². The minimum atomic E-state index is 0.302. The summed E-state index contributed by atoms with van der Waals surface area (Å²) in [6, 6.07) is 5.46. The van der Waals surface area contributed by atoms with Crippen LogP contribution in [0.4, 0.5) is 5.69 Å². The van der Waals surface area contributed by atoms with E-state index in [0.29, 0.717) is 6.79 Å². The molecule has 0 aliphatic carbocycles. The largest absolute Gasteiger partial charge is 0.454 e. The van der Waals surface area contributed by atoms with E-state index >= 15 is 0 Å². The number of benzene rings is 1. The smallest absolute Gasteiger partial charge is 0.231 e. The molecule has 1 aromatic carbocycles. The third-order valence-corrected chi connectivity index (χ3v) is 1.54. The van der Waals surface area contributed by atoms with E-state index in [2.05, 4.69) is 11.7 Å². The second kappa shape index (κ2) is 2.27. The van der Waals surface area contributed by atoms with Crippen molar-refractivity contribution in [1.29, 1.82) is 0 Å². The first kappa shape index (κ1) is 6.22. The van der Waals surface area contributed by atoms with Crippen LogP contribution in [0.5, 0.6) is 11.5 Å². The molecule has 0 spiro atoms. The predicted molar refractivity (Wildman–Crippen MR) is 41.8 cm³/mol. The van der Waals surface area contributed by atoms with Gasteiger partial charge in [0, 0.05) is 6.07 Å². The van der Waals surface area contributed by atoms with E-state index in [1.165, 1.54) is 0 Å². The van der Waals surface area contributed by atoms with Crippen LogP contribution in [0.25, 0.3) is 0 Å². The number of aliphatic imine (C=N–C) groups is 1. The molecule has 0 unspecified atom stereocenters. The molecular weight excluding hydrogens is 142 g/mol. The number of hydrogen-bond donors (Lipinski definition) is 0. The Hall–Kier alpha value is -1.51. The molecule has 0 radical (unpaired) electrons. The molecule has 3 heteroatoms. The van der Waals surface area contributed by atoms with Gasteiger partial charge in [-0.15, -0.1) is 0 Å². The summed E-state index contributed by atoms with van der Waals surface area (Å²) >= 11 is 0. The van der Waals surface area contributed by atoms with Gasteiger partial charge in [-0.2, -0.15) is 0 Å². The molecular formula is C8H7NO2. The van der Waals surface area contributed by atoms with Crippen molar-refractivity contribution in [1.82, 2.24) is 0 Å². The van der Waals surface area contributed by atoms with E-state index in [-0.39, 0.29) is 0 Å². The van der Waals surface area contributed by atoms with Gasteiger partial charge in [0.15, 0.2) is 11.5 Å². The Bertz CT molecular complexity index is 296. The Labute approximate surface area is 64.3 Å². The van der Waals surface area contributed by atoms with Crippen LogP contribution in [0.3, 0.4) is 0 Å². The number of hydrogen-bond acceptors (Lipinski definition) is 3. The third kappa shape index (κ3) is 0.941. The maximum atomic E-state index is 5.13. The highest BCUT2D eigenvalue weighted by Crippen LogP contribution is 2.34. The van der Waals surface area contributed by atoms with Crippen molar-refractivity contribution in [2.24, 2.45) is 4.99 Å². The molecule has 56 valence electrons. The fourth-order valence-corrected chi connectivity index (χ4v) is 0.984. The lowest BCUT2D eigenvalue weighted by atomic mass is 10.3. The van der Waals surface area contributed by atoms with Gasteiger partial charge in [-0.3, -0.25) is 4.99 Å². The van der Waals surface area contributed by atoms with E-state index in [1.54, 1.807) is 6.07 Å². The van der Waals surface area contributed by atoms with E-state index in [0.717, 1.165) is 17.2 Å². The summed E-state index contributed by atoms with van der Waals surface area (Å²) in [5.41, 5.74) is 0.800. The van der Waals surface area contributed by atoms with E-state index in [1.807, 2.05) is 12.1 Å². The zero-order chi connectivity index (χ0) is 7.68. The van der Waals surface area contributed by atoms with Crippen molar-refractivity contribution < 1.29 is 9.47 Å². The van der Waals surface area contributed by atoms with Crippen LogP contribution in [0.2, 0.25) is 0 Å². The number of nitrogens with zero attached hydrogens (tertiary/aromatic N) is 1. The zero-order valence-electron chi connectivity index (χ0n) is 5.91. The predicted octanol–water partition coefficient (Wildman–Crippen LogP) is 1.75. The first-order valence-electron chi connectivity index (χ1n) is 3.26. The molecule has 1 aliphatic heterocycles. The van der Waals surface area contributed by atoms with Gasteiger partial charge in [0.05, 0.1) is 5.69 Å². The molecule has 11 heavy (non-hydrogen) atoms. The topological polar surface area (TPSA) is 30.8 Å². The van der Waals surface area contributed by atoms with Crippen molar-refractivity contribution >= 4 is 12.4 Å². The minimum Gasteiger partial charge on any atom is -0.454 e. The number of fused-ring (bicyclic) bond motifs is 1. The summed E-state index contributed by atoms with van der Waals surface area (Å²) in [6.45, 7) is 3.71. The van der Waals surface area contributed by atoms with Crippen molar-refractivity contribution in [3.63, 3.8) is 0 Å². The number of rotatable bonds is 1. The lowest BCUT2D eigenvalue weighted by Gasteiger charge is -1.95. The Kier molecular flexibility index (Phi) is 1.28. The Balaban J connectivity index is 2.48. The lowest BCUT2D eigenvalue weighted by Crippen LogP contribution is -1.92. The first-order chi connectivity index (χ1) is 5.40. The normalized spacial score (nSPS) is 13.1. The van der Waals surface area contributed by atoms with E-state index in [9.17, 15) is 0 Å². The molecule has 0 atom stereocenters. The second-order valence-corrected chi connectivity index (χ2v) is 2.20. The van der Waals surface area contributed by atoms with Gasteiger partial charge in [-0.1, -0.05) is 0 Å². The molecule has 0 N–H and O–H groups in total. The van der Waals surface area contributed by atoms with Gasteiger partial charge in [-0.05, 0) is 18.9 Å². The van der Waals surface area contributed by atoms with Crippen LogP contribution in [-0.2, 0) is 0 Å². The average Bonchev–Trinajstić information content (AvgIpc) is 2.50. The third-order valence-electron chi connectivity index (χ3n) is 1.54. The maximum Gasteiger partial charge on any atom is 0.231 e. The maximum absolute atomic E-state index is 5.13. The van der Waals surface area contributed by atoms with Crippen molar-refractivity contribution in [3.8, 4) is 11.5 Å². The van der Waals surface area contributed by atoms with Gasteiger partial charge in [0.2, 0.25) is 6.79 Å². The van der Waals surface area contributed by atoms with Crippen LogP contribution in [-0.4, -0.2) is 13.5 Å². The molecule has 3 nitrogen and oxygen atoms in total. The fourth-order valence-electron chi connectivity index (χ4n) is 0.984. The van der Waals surface area contributed by atoms with Crippen molar-refractivity contribution in [2.75, 3.05) is 6.79 Å². The summed E-state index contributed by atoms with van der Waals surface area (Å²) in [6.07, 6.45) is 0. The van der Waals surface area contributed by atoms with Crippen LogP contribution in [0.15, 0.2) is 23.2 Å². The molecule has 1 aromatic rings. The van der Waals surface area contributed by atoms with Crippen molar-refractivity contribution in [2.45, 2.75) is 0 Å². The minimum absolute atomic E-state index is 0.302. The van der Waals surface area contributed by atoms with Gasteiger partial charge in [-0.25, -0.2) is 0 Å². The van der Waals surface area contributed by atoms with Crippen LogP contribution >= 0.6 is 0 Å². The van der Waals surface area contributed by atoms with Gasteiger partial charge < -0.3 is 9.47 Å². The summed E-state index contributed by atoms with van der Waals surface area (Å²) in [5.74, 6) is 1.52. The quantitative estimate of drug-likeness (QED) is 0.569. The molecule has 0 fully saturated rings. The second-order valence-electron chi connectivity index (χ2n) is 2.20. The van der Waals surface area contributed by atoms with E-state index in [4.69, 9.17) is 9.47 Å². The van der Waals surface area contributed by atoms with Crippen molar-refractivity contribution in [3.05, 3.63) is 18.2 Å². The zero-order valence-corrected chi connectivity index (χ0v) is 5.91. The summed E-state index contributed by atoms with van der Waals surface area (Å²) in [5, 5.41) is 0. The highest BCUT2D eigenvalue weighted by Gasteiger charge is 2.12. The number of ether oxygens (including phenoxy) is 2. The Morgan fingerprint density at radius 3 is 2.91 bits per heavy atom. The molecule has 2 rings (SSSR count). The highest BCUT2D eigenvalue weighted by atomic mass is 16.7. The summed E-state index contributed by atoms with van der Waals surface area (Å²) in [4.78, 5) is 3.76. The van der Waals surface area contributed by atoms with Gasteiger partial charge in [0.25, 0.3) is 0 Å². The first-order valence-corrected chi connectivity index (χ1v) is 3.26. The average molecular weight is 149 g/mol. The molecule has 0 saturated heterocycles. The Morgan fingerprint density at radius 1 is 1.27 bits per heavy atom. The SMILES string of the molecule is C=Nc1ccc2c(c1)OCO2. The standard InChI is InChI=1S/C8H7NO2/c1-9-6-2-3-7-8(4-6)11-5-10-7/h2-4H,1,5H2. The molecule has 0 amide bonds. The highest BCUT2D eigenvalue weighted by molar-refractivity contribution is 5.55. The van der Waals surface area contributed by atoms with Gasteiger partial charge in [0.1, 0.15) is 0 Å². The molecule has 0 aromatic heterocycles. The fraction of sp³-hybridized carbons (Fsp3) is 0.125. The molecule has 1 aliphatic rings. The van der Waals surface area contributed by atoms with Gasteiger partial charge >= 0.3 is 0 Å². The van der Waals surface area contributed by atoms with E-state index < -0.39 is 0 Å². The monoisotopic (exact) mass is 149 g/mol. The Morgan fingerprint density at radius 2 is 2.09 bits per heavy atom.